The Morgan fingerprint density at radius 3 is 2.44 bits per heavy atom. The monoisotopic (exact) mass is 442 g/mol. The Bertz CT molecular complexity index is 905. The Morgan fingerprint density at radius 1 is 1.07 bits per heavy atom. The molecule has 3 rings (SSSR count). The van der Waals surface area contributed by atoms with Gasteiger partial charge < -0.3 is 5.32 Å². The highest BCUT2D eigenvalue weighted by Gasteiger charge is 2.40. The van der Waals surface area contributed by atoms with Crippen LogP contribution in [-0.2, 0) is 14.4 Å². The van der Waals surface area contributed by atoms with E-state index in [1.807, 2.05) is 0 Å². The van der Waals surface area contributed by atoms with Gasteiger partial charge in [0.25, 0.3) is 0 Å². The van der Waals surface area contributed by atoms with Gasteiger partial charge in [-0.2, -0.15) is 0 Å². The molecule has 0 radical (unpaired) electrons. The first-order valence-corrected chi connectivity index (χ1v) is 10.0. The van der Waals surface area contributed by atoms with Crippen LogP contribution >= 0.6 is 46.6 Å². The summed E-state index contributed by atoms with van der Waals surface area (Å²) in [5.41, 5.74) is 0.976. The topological polar surface area (TPSA) is 66.5 Å². The summed E-state index contributed by atoms with van der Waals surface area (Å²) in [6.07, 6.45) is 0.0478. The summed E-state index contributed by atoms with van der Waals surface area (Å²) in [5, 5.41) is 3.32. The van der Waals surface area contributed by atoms with E-state index < -0.39 is 5.25 Å². The van der Waals surface area contributed by atoms with Crippen LogP contribution in [0.25, 0.3) is 0 Å². The molecule has 1 heterocycles. The Morgan fingerprint density at radius 2 is 1.78 bits per heavy atom. The molecule has 2 aromatic carbocycles. The lowest BCUT2D eigenvalue weighted by atomic mass is 10.3. The van der Waals surface area contributed by atoms with Crippen molar-refractivity contribution in [3.63, 3.8) is 0 Å². The fourth-order valence-electron chi connectivity index (χ4n) is 2.54. The number of thioether (sulfide) groups is 1. The fourth-order valence-corrected chi connectivity index (χ4v) is 3.90. The van der Waals surface area contributed by atoms with Crippen molar-refractivity contribution in [3.8, 4) is 0 Å². The molecule has 0 aliphatic carbocycles. The van der Waals surface area contributed by atoms with Crippen LogP contribution in [0.3, 0.4) is 0 Å². The number of carbonyl (C=O) groups is 3. The normalized spacial score (nSPS) is 16.7. The van der Waals surface area contributed by atoms with E-state index in [1.54, 1.807) is 42.5 Å². The molecule has 1 aliphatic heterocycles. The Hall–Kier alpha value is -1.73. The van der Waals surface area contributed by atoms with Crippen molar-refractivity contribution in [2.45, 2.75) is 11.7 Å². The average Bonchev–Trinajstić information content (AvgIpc) is 2.91. The highest BCUT2D eigenvalue weighted by molar-refractivity contribution is 8.01. The average molecular weight is 444 g/mol. The third-order valence-corrected chi connectivity index (χ3v) is 6.00. The zero-order valence-electron chi connectivity index (χ0n) is 13.7. The van der Waals surface area contributed by atoms with Gasteiger partial charge in [-0.1, -0.05) is 34.8 Å². The fraction of sp³-hybridized carbons (Fsp3) is 0.167. The van der Waals surface area contributed by atoms with Crippen molar-refractivity contribution in [2.24, 2.45) is 0 Å². The number of hydrogen-bond acceptors (Lipinski definition) is 4. The summed E-state index contributed by atoms with van der Waals surface area (Å²) < 4.78 is 0. The van der Waals surface area contributed by atoms with Crippen LogP contribution < -0.4 is 10.2 Å². The van der Waals surface area contributed by atoms with E-state index in [1.165, 1.54) is 0 Å². The van der Waals surface area contributed by atoms with E-state index >= 15 is 0 Å². The summed E-state index contributed by atoms with van der Waals surface area (Å²) in [5.74, 6) is -0.916. The Labute approximate surface area is 174 Å². The summed E-state index contributed by atoms with van der Waals surface area (Å²) in [4.78, 5) is 38.0. The van der Waals surface area contributed by atoms with Crippen LogP contribution in [0.15, 0.2) is 42.5 Å². The molecule has 3 amide bonds. The number of nitrogens with one attached hydrogen (secondary N) is 1. The third-order valence-electron chi connectivity index (χ3n) is 3.81. The Kier molecular flexibility index (Phi) is 6.32. The lowest BCUT2D eigenvalue weighted by Crippen LogP contribution is -2.31. The second kappa shape index (κ2) is 8.52. The molecule has 140 valence electrons. The zero-order chi connectivity index (χ0) is 19.6. The SMILES string of the molecule is O=C(CS[C@@H]1CC(=O)N(c2ccc(Cl)cc2)C1=O)Nc1ccc(Cl)c(Cl)c1. The lowest BCUT2D eigenvalue weighted by molar-refractivity contribution is -0.121. The number of hydrogen-bond donors (Lipinski definition) is 1. The van der Waals surface area contributed by atoms with E-state index in [4.69, 9.17) is 34.8 Å². The van der Waals surface area contributed by atoms with Gasteiger partial charge in [0.05, 0.1) is 26.7 Å². The van der Waals surface area contributed by atoms with Crippen molar-refractivity contribution in [3.05, 3.63) is 57.5 Å². The number of amides is 3. The van der Waals surface area contributed by atoms with Crippen LogP contribution in [0.2, 0.25) is 15.1 Å². The van der Waals surface area contributed by atoms with E-state index in [0.717, 1.165) is 16.7 Å². The number of rotatable bonds is 5. The first kappa shape index (κ1) is 20.0. The molecule has 0 bridgehead atoms. The molecule has 27 heavy (non-hydrogen) atoms. The predicted molar refractivity (Wildman–Crippen MR) is 110 cm³/mol. The summed E-state index contributed by atoms with van der Waals surface area (Å²) >= 11 is 18.7. The molecule has 0 aromatic heterocycles. The number of carbonyl (C=O) groups excluding carboxylic acids is 3. The molecule has 1 saturated heterocycles. The minimum atomic E-state index is -0.604. The first-order valence-electron chi connectivity index (χ1n) is 7.84. The first-order chi connectivity index (χ1) is 12.8. The van der Waals surface area contributed by atoms with Gasteiger partial charge in [-0.3, -0.25) is 14.4 Å². The van der Waals surface area contributed by atoms with Crippen LogP contribution in [-0.4, -0.2) is 28.7 Å². The summed E-state index contributed by atoms with van der Waals surface area (Å²) in [6.45, 7) is 0. The summed E-state index contributed by atoms with van der Waals surface area (Å²) in [6, 6.07) is 11.2. The minimum Gasteiger partial charge on any atom is -0.325 e. The van der Waals surface area contributed by atoms with Crippen molar-refractivity contribution in [1.29, 1.82) is 0 Å². The van der Waals surface area contributed by atoms with Gasteiger partial charge in [-0.15, -0.1) is 11.8 Å². The Balaban J connectivity index is 1.58. The number of benzene rings is 2. The van der Waals surface area contributed by atoms with Crippen molar-refractivity contribution >= 4 is 75.7 Å². The maximum absolute atomic E-state index is 12.5. The maximum Gasteiger partial charge on any atom is 0.247 e. The molecule has 1 aliphatic rings. The van der Waals surface area contributed by atoms with Gasteiger partial charge in [-0.05, 0) is 42.5 Å². The number of nitrogens with zero attached hydrogens (tertiary/aromatic N) is 1. The lowest BCUT2D eigenvalue weighted by Gasteiger charge is -2.15. The van der Waals surface area contributed by atoms with Gasteiger partial charge >= 0.3 is 0 Å². The zero-order valence-corrected chi connectivity index (χ0v) is 16.8. The second-order valence-electron chi connectivity index (χ2n) is 5.72. The van der Waals surface area contributed by atoms with Crippen LogP contribution in [0.5, 0.6) is 0 Å². The molecule has 1 atom stereocenters. The molecule has 9 heteroatoms. The van der Waals surface area contributed by atoms with Gasteiger partial charge in [-0.25, -0.2) is 4.90 Å². The number of anilines is 2. The van der Waals surface area contributed by atoms with E-state index in [9.17, 15) is 14.4 Å². The van der Waals surface area contributed by atoms with E-state index in [0.29, 0.717) is 26.4 Å². The highest BCUT2D eigenvalue weighted by atomic mass is 35.5. The smallest absolute Gasteiger partial charge is 0.247 e. The second-order valence-corrected chi connectivity index (χ2v) is 8.17. The molecule has 1 N–H and O–H groups in total. The molecule has 0 spiro atoms. The molecular formula is C18H13Cl3N2O3S. The largest absolute Gasteiger partial charge is 0.325 e. The van der Waals surface area contributed by atoms with Crippen LogP contribution in [0.4, 0.5) is 11.4 Å². The van der Waals surface area contributed by atoms with Crippen molar-refractivity contribution in [2.75, 3.05) is 16.0 Å². The minimum absolute atomic E-state index is 0.0262. The standard InChI is InChI=1S/C18H13Cl3N2O3S/c19-10-1-4-12(5-2-10)23-17(25)8-15(18(23)26)27-9-16(24)22-11-3-6-13(20)14(21)7-11/h1-7,15H,8-9H2,(H,22,24)/t15-/m1/s1. The predicted octanol–water partition coefficient (Wildman–Crippen LogP) is 4.65. The molecule has 0 unspecified atom stereocenters. The number of halogens is 3. The molecule has 2 aromatic rings. The van der Waals surface area contributed by atoms with Gasteiger partial charge in [0.15, 0.2) is 0 Å². The number of imide groups is 1. The third kappa shape index (κ3) is 4.76. The molecule has 1 fully saturated rings. The summed E-state index contributed by atoms with van der Waals surface area (Å²) in [7, 11) is 0. The molecule has 5 nitrogen and oxygen atoms in total. The van der Waals surface area contributed by atoms with Crippen molar-refractivity contribution in [1.82, 2.24) is 0 Å². The molecular weight excluding hydrogens is 431 g/mol. The van der Waals surface area contributed by atoms with Gasteiger partial charge in [0, 0.05) is 17.1 Å². The van der Waals surface area contributed by atoms with Gasteiger partial charge in [0.1, 0.15) is 0 Å². The van der Waals surface area contributed by atoms with E-state index in [-0.39, 0.29) is 29.9 Å². The quantitative estimate of drug-likeness (QED) is 0.683. The van der Waals surface area contributed by atoms with Crippen LogP contribution in [0.1, 0.15) is 6.42 Å². The van der Waals surface area contributed by atoms with Crippen molar-refractivity contribution < 1.29 is 14.4 Å². The highest BCUT2D eigenvalue weighted by Crippen LogP contribution is 2.30. The van der Waals surface area contributed by atoms with Crippen LogP contribution in [0, 0.1) is 0 Å². The van der Waals surface area contributed by atoms with E-state index in [2.05, 4.69) is 5.32 Å². The molecule has 0 saturated carbocycles. The van der Waals surface area contributed by atoms with Gasteiger partial charge in [0.2, 0.25) is 17.7 Å². The maximum atomic E-state index is 12.5.